The van der Waals surface area contributed by atoms with E-state index in [9.17, 15) is 8.78 Å². The van der Waals surface area contributed by atoms with E-state index >= 15 is 0 Å². The second kappa shape index (κ2) is 6.43. The molecule has 0 aliphatic heterocycles. The van der Waals surface area contributed by atoms with Crippen molar-refractivity contribution >= 4 is 0 Å². The molecule has 90 valence electrons. The fourth-order valence-electron chi connectivity index (χ4n) is 1.29. The Morgan fingerprint density at radius 1 is 1.38 bits per heavy atom. The summed E-state index contributed by atoms with van der Waals surface area (Å²) < 4.78 is 30.2. The zero-order valence-corrected chi connectivity index (χ0v) is 9.59. The summed E-state index contributed by atoms with van der Waals surface area (Å²) >= 11 is 0. The van der Waals surface area contributed by atoms with E-state index < -0.39 is 6.67 Å². The molecule has 1 rings (SSSR count). The van der Waals surface area contributed by atoms with Gasteiger partial charge in [-0.1, -0.05) is 13.8 Å². The highest BCUT2D eigenvalue weighted by molar-refractivity contribution is 5.33. The molecule has 0 spiro atoms. The average Bonchev–Trinajstić information content (AvgIpc) is 2.25. The van der Waals surface area contributed by atoms with E-state index in [4.69, 9.17) is 4.74 Å². The van der Waals surface area contributed by atoms with Gasteiger partial charge in [0, 0.05) is 18.2 Å². The van der Waals surface area contributed by atoms with E-state index in [2.05, 4.69) is 5.32 Å². The first-order chi connectivity index (χ1) is 7.63. The molecule has 0 aliphatic rings. The number of halogens is 2. The molecule has 0 unspecified atom stereocenters. The van der Waals surface area contributed by atoms with Crippen LogP contribution < -0.4 is 10.1 Å². The fourth-order valence-corrected chi connectivity index (χ4v) is 1.29. The van der Waals surface area contributed by atoms with Gasteiger partial charge in [0.1, 0.15) is 24.8 Å². The molecule has 1 N–H and O–H groups in total. The van der Waals surface area contributed by atoms with Gasteiger partial charge < -0.3 is 10.1 Å². The van der Waals surface area contributed by atoms with Crippen LogP contribution in [0, 0.1) is 5.82 Å². The molecule has 0 heterocycles. The van der Waals surface area contributed by atoms with Gasteiger partial charge >= 0.3 is 0 Å². The fraction of sp³-hybridized carbons (Fsp3) is 0.500. The van der Waals surface area contributed by atoms with Crippen LogP contribution >= 0.6 is 0 Å². The summed E-state index contributed by atoms with van der Waals surface area (Å²) in [6.07, 6.45) is 0. The highest BCUT2D eigenvalue weighted by atomic mass is 19.1. The minimum atomic E-state index is -0.547. The van der Waals surface area contributed by atoms with E-state index in [0.717, 1.165) is 0 Å². The first kappa shape index (κ1) is 12.9. The van der Waals surface area contributed by atoms with Gasteiger partial charge in [-0.05, 0) is 18.2 Å². The lowest BCUT2D eigenvalue weighted by Gasteiger charge is -2.13. The Morgan fingerprint density at radius 2 is 2.12 bits per heavy atom. The molecule has 2 nitrogen and oxygen atoms in total. The highest BCUT2D eigenvalue weighted by Crippen LogP contribution is 2.19. The van der Waals surface area contributed by atoms with Crippen LogP contribution in [0.3, 0.4) is 0 Å². The van der Waals surface area contributed by atoms with Crippen molar-refractivity contribution < 1.29 is 13.5 Å². The summed E-state index contributed by atoms with van der Waals surface area (Å²) in [6.45, 7) is 3.97. The molecule has 4 heteroatoms. The van der Waals surface area contributed by atoms with Crippen molar-refractivity contribution in [3.05, 3.63) is 29.6 Å². The van der Waals surface area contributed by atoms with E-state index in [-0.39, 0.29) is 12.4 Å². The van der Waals surface area contributed by atoms with Crippen LogP contribution in [0.25, 0.3) is 0 Å². The molecule has 0 amide bonds. The summed E-state index contributed by atoms with van der Waals surface area (Å²) in [5.74, 6) is 0.223. The highest BCUT2D eigenvalue weighted by Gasteiger charge is 2.06. The smallest absolute Gasteiger partial charge is 0.124 e. The monoisotopic (exact) mass is 229 g/mol. The lowest BCUT2D eigenvalue weighted by Crippen LogP contribution is -2.22. The van der Waals surface area contributed by atoms with Gasteiger partial charge in [0.25, 0.3) is 0 Å². The number of hydrogen-bond donors (Lipinski definition) is 1. The van der Waals surface area contributed by atoms with Crippen LogP contribution in [0.4, 0.5) is 8.78 Å². The van der Waals surface area contributed by atoms with Crippen molar-refractivity contribution in [2.75, 3.05) is 13.3 Å². The van der Waals surface area contributed by atoms with Crippen LogP contribution in [0.1, 0.15) is 19.4 Å². The molecule has 1 aromatic carbocycles. The minimum absolute atomic E-state index is 0.000308. The molecule has 0 fully saturated rings. The average molecular weight is 229 g/mol. The number of hydrogen-bond acceptors (Lipinski definition) is 2. The second-order valence-electron chi connectivity index (χ2n) is 3.83. The summed E-state index contributed by atoms with van der Waals surface area (Å²) in [4.78, 5) is 0. The van der Waals surface area contributed by atoms with Gasteiger partial charge in [-0.15, -0.1) is 0 Å². The van der Waals surface area contributed by atoms with Gasteiger partial charge in [0.05, 0.1) is 0 Å². The van der Waals surface area contributed by atoms with Gasteiger partial charge in [0.2, 0.25) is 0 Å². The third kappa shape index (κ3) is 4.14. The molecule has 0 bridgehead atoms. The third-order valence-electron chi connectivity index (χ3n) is 2.06. The Balaban J connectivity index is 2.72. The van der Waals surface area contributed by atoms with Gasteiger partial charge in [-0.3, -0.25) is 0 Å². The van der Waals surface area contributed by atoms with Crippen LogP contribution in [0.2, 0.25) is 0 Å². The standard InChI is InChI=1S/C12H17F2NO/c1-9(2)15-8-10-7-11(14)3-4-12(10)16-6-5-13/h3-4,7,9,15H,5-6,8H2,1-2H3. The normalized spacial score (nSPS) is 10.8. The van der Waals surface area contributed by atoms with Crippen molar-refractivity contribution in [3.63, 3.8) is 0 Å². The molecule has 0 atom stereocenters. The SMILES string of the molecule is CC(C)NCc1cc(F)ccc1OCCF. The van der Waals surface area contributed by atoms with E-state index in [1.165, 1.54) is 18.2 Å². The molecule has 0 aromatic heterocycles. The summed E-state index contributed by atoms with van der Waals surface area (Å²) in [5.41, 5.74) is 0.710. The third-order valence-corrected chi connectivity index (χ3v) is 2.06. The number of ether oxygens (including phenoxy) is 1. The Kier molecular flexibility index (Phi) is 5.19. The van der Waals surface area contributed by atoms with Crippen molar-refractivity contribution in [2.45, 2.75) is 26.4 Å². The van der Waals surface area contributed by atoms with Crippen molar-refractivity contribution in [1.29, 1.82) is 0 Å². The molecule has 0 saturated carbocycles. The zero-order valence-electron chi connectivity index (χ0n) is 9.59. The lowest BCUT2D eigenvalue weighted by atomic mass is 10.2. The topological polar surface area (TPSA) is 21.3 Å². The van der Waals surface area contributed by atoms with Crippen LogP contribution in [-0.4, -0.2) is 19.3 Å². The van der Waals surface area contributed by atoms with Gasteiger partial charge in [-0.25, -0.2) is 8.78 Å². The summed E-state index contributed by atoms with van der Waals surface area (Å²) in [6, 6.07) is 4.55. The second-order valence-corrected chi connectivity index (χ2v) is 3.83. The maximum Gasteiger partial charge on any atom is 0.124 e. The van der Waals surface area contributed by atoms with Crippen molar-refractivity contribution in [2.24, 2.45) is 0 Å². The summed E-state index contributed by atoms with van der Waals surface area (Å²) in [5, 5.41) is 3.17. The first-order valence-electron chi connectivity index (χ1n) is 5.34. The molecular weight excluding hydrogens is 212 g/mol. The largest absolute Gasteiger partial charge is 0.491 e. The minimum Gasteiger partial charge on any atom is -0.491 e. The maximum absolute atomic E-state index is 13.0. The number of rotatable bonds is 6. The maximum atomic E-state index is 13.0. The Bertz CT molecular complexity index is 329. The number of benzene rings is 1. The zero-order chi connectivity index (χ0) is 12.0. The lowest BCUT2D eigenvalue weighted by molar-refractivity contribution is 0.270. The predicted molar refractivity (Wildman–Crippen MR) is 59.8 cm³/mol. The molecule has 1 aromatic rings. The molecule has 16 heavy (non-hydrogen) atoms. The van der Waals surface area contributed by atoms with E-state index in [0.29, 0.717) is 23.9 Å². The Hall–Kier alpha value is -1.16. The van der Waals surface area contributed by atoms with E-state index in [1.54, 1.807) is 0 Å². The predicted octanol–water partition coefficient (Wildman–Crippen LogP) is 2.67. The Labute approximate surface area is 94.6 Å². The summed E-state index contributed by atoms with van der Waals surface area (Å²) in [7, 11) is 0. The van der Waals surface area contributed by atoms with Crippen LogP contribution in [0.5, 0.6) is 5.75 Å². The molecule has 0 saturated heterocycles. The molecule has 0 aliphatic carbocycles. The molecule has 0 radical (unpaired) electrons. The van der Waals surface area contributed by atoms with Crippen LogP contribution in [0.15, 0.2) is 18.2 Å². The van der Waals surface area contributed by atoms with Gasteiger partial charge in [0.15, 0.2) is 0 Å². The first-order valence-corrected chi connectivity index (χ1v) is 5.34. The number of nitrogens with one attached hydrogen (secondary N) is 1. The van der Waals surface area contributed by atoms with E-state index in [1.807, 2.05) is 13.8 Å². The van der Waals surface area contributed by atoms with Crippen molar-refractivity contribution in [3.8, 4) is 5.75 Å². The number of alkyl halides is 1. The van der Waals surface area contributed by atoms with Gasteiger partial charge in [-0.2, -0.15) is 0 Å². The van der Waals surface area contributed by atoms with Crippen LogP contribution in [-0.2, 0) is 6.54 Å². The van der Waals surface area contributed by atoms with Crippen molar-refractivity contribution in [1.82, 2.24) is 5.32 Å². The quantitative estimate of drug-likeness (QED) is 0.809. The molecular formula is C12H17F2NO. The Morgan fingerprint density at radius 3 is 2.75 bits per heavy atom.